The summed E-state index contributed by atoms with van der Waals surface area (Å²) in [6.45, 7) is 1.34. The fourth-order valence-electron chi connectivity index (χ4n) is 3.35. The van der Waals surface area contributed by atoms with Crippen molar-refractivity contribution in [2.75, 3.05) is 14.2 Å². The van der Waals surface area contributed by atoms with Crippen molar-refractivity contribution in [1.82, 2.24) is 0 Å². The summed E-state index contributed by atoms with van der Waals surface area (Å²) < 4.78 is 22.7. The summed E-state index contributed by atoms with van der Waals surface area (Å²) in [4.78, 5) is 36.9. The number of hydrogen-bond acceptors (Lipinski definition) is 6. The zero-order valence-corrected chi connectivity index (χ0v) is 13.6. The molecule has 1 fully saturated rings. The highest BCUT2D eigenvalue weighted by Gasteiger charge is 2.56. The molecule has 0 amide bonds. The molecule has 0 bridgehead atoms. The molecule has 0 aromatic heterocycles. The number of benzene rings is 1. The second-order valence-electron chi connectivity index (χ2n) is 6.08. The topological polar surface area (TPSA) is 89.9 Å². The summed E-state index contributed by atoms with van der Waals surface area (Å²) >= 11 is 0. The van der Waals surface area contributed by atoms with Crippen molar-refractivity contribution >= 4 is 17.7 Å². The largest absolute Gasteiger partial charge is 0.469 e. The molecular weight excluding hydrogens is 319 g/mol. The zero-order chi connectivity index (χ0) is 18.1. The Morgan fingerprint density at radius 2 is 1.71 bits per heavy atom. The molecule has 0 unspecified atom stereocenters. The van der Waals surface area contributed by atoms with E-state index in [-0.39, 0.29) is 6.42 Å². The van der Waals surface area contributed by atoms with E-state index < -0.39 is 46.9 Å². The summed E-state index contributed by atoms with van der Waals surface area (Å²) in [6.07, 6.45) is -0.385. The van der Waals surface area contributed by atoms with Crippen molar-refractivity contribution in [3.05, 3.63) is 35.6 Å². The van der Waals surface area contributed by atoms with Crippen LogP contribution in [0.2, 0.25) is 0 Å². The normalized spacial score (nSPS) is 29.9. The van der Waals surface area contributed by atoms with E-state index in [1.807, 2.05) is 0 Å². The van der Waals surface area contributed by atoms with E-state index in [1.54, 1.807) is 0 Å². The van der Waals surface area contributed by atoms with Gasteiger partial charge in [-0.05, 0) is 24.6 Å². The van der Waals surface area contributed by atoms with Crippen molar-refractivity contribution in [2.45, 2.75) is 24.9 Å². The number of ketones is 1. The van der Waals surface area contributed by atoms with Gasteiger partial charge >= 0.3 is 11.9 Å². The number of esters is 2. The molecule has 1 aromatic carbocycles. The summed E-state index contributed by atoms with van der Waals surface area (Å²) in [6, 6.07) is 5.07. The van der Waals surface area contributed by atoms with Crippen molar-refractivity contribution in [2.24, 2.45) is 11.8 Å². The molecule has 6 nitrogen and oxygen atoms in total. The van der Waals surface area contributed by atoms with Crippen LogP contribution in [0.5, 0.6) is 0 Å². The van der Waals surface area contributed by atoms with Gasteiger partial charge in [-0.1, -0.05) is 12.1 Å². The van der Waals surface area contributed by atoms with Crippen LogP contribution >= 0.6 is 0 Å². The molecule has 1 N–H and O–H groups in total. The Balaban J connectivity index is 2.63. The van der Waals surface area contributed by atoms with Crippen LogP contribution in [0.25, 0.3) is 0 Å². The molecular formula is C17H19FO6. The monoisotopic (exact) mass is 338 g/mol. The average molecular weight is 338 g/mol. The Morgan fingerprint density at radius 1 is 1.17 bits per heavy atom. The molecule has 1 aromatic rings. The fourth-order valence-corrected chi connectivity index (χ4v) is 3.35. The highest BCUT2D eigenvalue weighted by Crippen LogP contribution is 2.46. The first kappa shape index (κ1) is 18.1. The van der Waals surface area contributed by atoms with Gasteiger partial charge in [0.05, 0.1) is 25.7 Å². The number of carbonyl (C=O) groups is 3. The zero-order valence-electron chi connectivity index (χ0n) is 13.6. The molecule has 0 heterocycles. The van der Waals surface area contributed by atoms with Crippen molar-refractivity contribution in [1.29, 1.82) is 0 Å². The number of aliphatic hydroxyl groups is 1. The van der Waals surface area contributed by atoms with Gasteiger partial charge in [-0.2, -0.15) is 0 Å². The molecule has 0 saturated heterocycles. The predicted octanol–water partition coefficient (Wildman–Crippen LogP) is 1.21. The molecule has 4 atom stereocenters. The molecule has 1 aliphatic rings. The summed E-state index contributed by atoms with van der Waals surface area (Å²) in [5, 5.41) is 10.6. The van der Waals surface area contributed by atoms with Crippen LogP contribution in [0.3, 0.4) is 0 Å². The number of Topliss-reactive ketones (excluding diaryl/α,β-unsaturated/α-hetero) is 1. The lowest BCUT2D eigenvalue weighted by atomic mass is 9.62. The number of hydrogen-bond donors (Lipinski definition) is 1. The smallest absolute Gasteiger partial charge is 0.316 e. The Kier molecular flexibility index (Phi) is 5.03. The standard InChI is InChI=1S/C17H19FO6/c1-17(22)8-11(19)13(15(20)23-2)12(14(17)16(21)24-3)9-4-6-10(18)7-5-9/h4-7,12-14,22H,8H2,1-3H3/t12-,13+,14-,17-/m0/s1. The van der Waals surface area contributed by atoms with Crippen molar-refractivity contribution in [3.8, 4) is 0 Å². The first-order valence-electron chi connectivity index (χ1n) is 7.39. The van der Waals surface area contributed by atoms with Gasteiger partial charge in [-0.25, -0.2) is 4.39 Å². The van der Waals surface area contributed by atoms with Gasteiger partial charge in [0.1, 0.15) is 11.7 Å². The van der Waals surface area contributed by atoms with Crippen molar-refractivity contribution in [3.63, 3.8) is 0 Å². The first-order valence-corrected chi connectivity index (χ1v) is 7.39. The van der Waals surface area contributed by atoms with E-state index in [0.717, 1.165) is 26.4 Å². The number of methoxy groups -OCH3 is 2. The summed E-state index contributed by atoms with van der Waals surface area (Å²) in [7, 11) is 2.29. The molecule has 7 heteroatoms. The second-order valence-corrected chi connectivity index (χ2v) is 6.08. The molecule has 2 rings (SSSR count). The van der Waals surface area contributed by atoms with Crippen LogP contribution in [-0.2, 0) is 23.9 Å². The third kappa shape index (κ3) is 3.17. The van der Waals surface area contributed by atoms with E-state index in [9.17, 15) is 23.9 Å². The molecule has 130 valence electrons. The van der Waals surface area contributed by atoms with Crippen LogP contribution < -0.4 is 0 Å². The minimum absolute atomic E-state index is 0.371. The number of rotatable bonds is 3. The Bertz CT molecular complexity index is 652. The van der Waals surface area contributed by atoms with Crippen LogP contribution in [0.1, 0.15) is 24.8 Å². The Hall–Kier alpha value is -2.28. The first-order chi connectivity index (χ1) is 11.2. The maximum atomic E-state index is 13.2. The van der Waals surface area contributed by atoms with Crippen molar-refractivity contribution < 1.29 is 33.4 Å². The van der Waals surface area contributed by atoms with Gasteiger partial charge in [0, 0.05) is 12.3 Å². The SMILES string of the molecule is COC(=O)[C@@H]1C(=O)C[C@](C)(O)[C@H](C(=O)OC)[C@H]1c1ccc(F)cc1. The highest BCUT2D eigenvalue weighted by molar-refractivity contribution is 6.02. The number of halogens is 1. The van der Waals surface area contributed by atoms with Gasteiger partial charge in [0.2, 0.25) is 0 Å². The van der Waals surface area contributed by atoms with Gasteiger partial charge < -0.3 is 14.6 Å². The van der Waals surface area contributed by atoms with Gasteiger partial charge in [0.25, 0.3) is 0 Å². The molecule has 0 spiro atoms. The van der Waals surface area contributed by atoms with Gasteiger partial charge in [-0.15, -0.1) is 0 Å². The van der Waals surface area contributed by atoms with E-state index in [2.05, 4.69) is 0 Å². The fraction of sp³-hybridized carbons (Fsp3) is 0.471. The quantitative estimate of drug-likeness (QED) is 0.658. The minimum atomic E-state index is -1.70. The number of ether oxygens (including phenoxy) is 2. The Morgan fingerprint density at radius 3 is 2.21 bits per heavy atom. The molecule has 0 radical (unpaired) electrons. The molecule has 1 aliphatic carbocycles. The maximum absolute atomic E-state index is 13.2. The highest BCUT2D eigenvalue weighted by atomic mass is 19.1. The molecule has 0 aliphatic heterocycles. The number of carbonyl (C=O) groups excluding carboxylic acids is 3. The second kappa shape index (κ2) is 6.68. The van der Waals surface area contributed by atoms with Crippen LogP contribution in [0.4, 0.5) is 4.39 Å². The lowest BCUT2D eigenvalue weighted by Gasteiger charge is -2.43. The van der Waals surface area contributed by atoms with E-state index in [0.29, 0.717) is 5.56 Å². The van der Waals surface area contributed by atoms with Gasteiger partial charge in [-0.3, -0.25) is 14.4 Å². The summed E-state index contributed by atoms with van der Waals surface area (Å²) in [5.74, 6) is -6.06. The average Bonchev–Trinajstić information content (AvgIpc) is 2.53. The lowest BCUT2D eigenvalue weighted by molar-refractivity contribution is -0.170. The van der Waals surface area contributed by atoms with E-state index in [1.165, 1.54) is 19.1 Å². The predicted molar refractivity (Wildman–Crippen MR) is 80.4 cm³/mol. The maximum Gasteiger partial charge on any atom is 0.316 e. The third-order valence-electron chi connectivity index (χ3n) is 4.43. The lowest BCUT2D eigenvalue weighted by Crippen LogP contribution is -2.55. The van der Waals surface area contributed by atoms with Crippen LogP contribution in [0, 0.1) is 17.7 Å². The van der Waals surface area contributed by atoms with Crippen LogP contribution in [0.15, 0.2) is 24.3 Å². The Labute approximate surface area is 138 Å². The van der Waals surface area contributed by atoms with Gasteiger partial charge in [0.15, 0.2) is 5.78 Å². The van der Waals surface area contributed by atoms with Crippen LogP contribution in [-0.4, -0.2) is 42.6 Å². The summed E-state index contributed by atoms with van der Waals surface area (Å²) in [5.41, 5.74) is -1.33. The third-order valence-corrected chi connectivity index (χ3v) is 4.43. The molecule has 24 heavy (non-hydrogen) atoms. The van der Waals surface area contributed by atoms with E-state index >= 15 is 0 Å². The minimum Gasteiger partial charge on any atom is -0.469 e. The van der Waals surface area contributed by atoms with E-state index in [4.69, 9.17) is 9.47 Å². The molecule has 1 saturated carbocycles.